The van der Waals surface area contributed by atoms with Crippen LogP contribution in [0.15, 0.2) is 11.6 Å². The van der Waals surface area contributed by atoms with Crippen molar-refractivity contribution >= 4 is 0 Å². The van der Waals surface area contributed by atoms with Crippen LogP contribution in [0.4, 0.5) is 0 Å². The second-order valence-electron chi connectivity index (χ2n) is 12.9. The first-order chi connectivity index (χ1) is 16.8. The van der Waals surface area contributed by atoms with Crippen LogP contribution in [0.3, 0.4) is 0 Å². The first-order valence-electron chi connectivity index (χ1n) is 13.9. The summed E-state index contributed by atoms with van der Waals surface area (Å²) < 4.78 is 37.6. The lowest BCUT2D eigenvalue weighted by Crippen LogP contribution is -2.66. The summed E-state index contributed by atoms with van der Waals surface area (Å²) in [5.74, 6) is 1.01. The zero-order valence-electron chi connectivity index (χ0n) is 21.6. The molecule has 0 spiro atoms. The Kier molecular flexibility index (Phi) is 5.37. The molecule has 0 amide bonds. The lowest BCUT2D eigenvalue weighted by molar-refractivity contribution is -0.356. The SMILES string of the molecule is COC1CC(O[C@H]2CC[C@@]3(C)C(=CC[C@@H]4[C@@H]3CC[C@]3(C)[C@H]5[C@H]6CO[C@@]43O[C@@H]5CO6)C2)OC(C)C1O. The molecule has 7 heteroatoms. The number of methoxy groups -OCH3 is 1. The summed E-state index contributed by atoms with van der Waals surface area (Å²) in [6.45, 7) is 8.22. The maximum atomic E-state index is 10.3. The van der Waals surface area contributed by atoms with Gasteiger partial charge in [-0.15, -0.1) is 0 Å². The Hall–Kier alpha value is -0.540. The molecule has 3 aliphatic carbocycles. The third-order valence-corrected chi connectivity index (χ3v) is 11.4. The highest BCUT2D eigenvalue weighted by atomic mass is 16.7. The Balaban J connectivity index is 1.10. The second-order valence-corrected chi connectivity index (χ2v) is 12.9. The molecule has 7 aliphatic rings. The van der Waals surface area contributed by atoms with E-state index < -0.39 is 11.9 Å². The van der Waals surface area contributed by atoms with E-state index in [1.807, 2.05) is 6.92 Å². The van der Waals surface area contributed by atoms with Crippen molar-refractivity contribution in [2.75, 3.05) is 20.3 Å². The van der Waals surface area contributed by atoms with Gasteiger partial charge in [-0.05, 0) is 56.8 Å². The molecule has 1 N–H and O–H groups in total. The molecule has 4 unspecified atom stereocenters. The minimum atomic E-state index is -0.606. The van der Waals surface area contributed by atoms with Crippen LogP contribution >= 0.6 is 0 Å². The van der Waals surface area contributed by atoms with Crippen LogP contribution in [-0.4, -0.2) is 74.1 Å². The third kappa shape index (κ3) is 3.09. The quantitative estimate of drug-likeness (QED) is 0.606. The minimum absolute atomic E-state index is 0.0533. The van der Waals surface area contributed by atoms with Crippen LogP contribution in [0.5, 0.6) is 0 Å². The second kappa shape index (κ2) is 7.98. The highest BCUT2D eigenvalue weighted by molar-refractivity contribution is 5.28. The fraction of sp³-hybridized carbons (Fsp3) is 0.929. The van der Waals surface area contributed by atoms with Gasteiger partial charge in [0.1, 0.15) is 6.10 Å². The monoisotopic (exact) mass is 490 g/mol. The highest BCUT2D eigenvalue weighted by Gasteiger charge is 2.76. The number of aliphatic hydroxyl groups excluding tert-OH is 1. The van der Waals surface area contributed by atoms with E-state index in [1.54, 1.807) is 12.7 Å². The summed E-state index contributed by atoms with van der Waals surface area (Å²) in [5.41, 5.74) is 1.78. The van der Waals surface area contributed by atoms with Gasteiger partial charge in [0.25, 0.3) is 0 Å². The number of allylic oxidation sites excluding steroid dienone is 1. The van der Waals surface area contributed by atoms with E-state index in [0.717, 1.165) is 38.7 Å². The Morgan fingerprint density at radius 2 is 1.94 bits per heavy atom. The van der Waals surface area contributed by atoms with E-state index in [1.165, 1.54) is 6.42 Å². The molecule has 2 saturated carbocycles. The standard InChI is InChI=1S/C28H42O7/c1-15-25(29)20(30-4)12-23(33-15)34-17-7-9-26(2)16(11-17)5-6-19-18(26)8-10-27(3)24-21-14-32-28(19,27)35-22(24)13-31-21/h5,15,17-25,29H,6-14H2,1-4H3/t15?,17-,18-,19+,20?,21+,22+,23?,24-,25?,26-,27+,28+/m0/s1. The van der Waals surface area contributed by atoms with Gasteiger partial charge in [-0.2, -0.15) is 0 Å². The Bertz CT molecular complexity index is 893. The number of rotatable bonds is 3. The number of hydrogen-bond donors (Lipinski definition) is 1. The van der Waals surface area contributed by atoms with Crippen LogP contribution in [0.1, 0.15) is 65.7 Å². The van der Waals surface area contributed by atoms with E-state index >= 15 is 0 Å². The fourth-order valence-corrected chi connectivity index (χ4v) is 9.58. The van der Waals surface area contributed by atoms with Crippen molar-refractivity contribution < 1.29 is 33.5 Å². The number of ether oxygens (including phenoxy) is 6. The van der Waals surface area contributed by atoms with Crippen molar-refractivity contribution in [3.8, 4) is 0 Å². The van der Waals surface area contributed by atoms with Crippen LogP contribution < -0.4 is 0 Å². The number of fused-ring (bicyclic) bond motifs is 3. The van der Waals surface area contributed by atoms with E-state index in [9.17, 15) is 5.11 Å². The molecule has 4 saturated heterocycles. The molecule has 4 aliphatic heterocycles. The molecule has 0 aromatic carbocycles. The molecule has 13 atom stereocenters. The molecule has 7 rings (SSSR count). The molecule has 0 radical (unpaired) electrons. The third-order valence-electron chi connectivity index (χ3n) is 11.4. The molecule has 4 heterocycles. The topological polar surface area (TPSA) is 75.6 Å². The van der Waals surface area contributed by atoms with E-state index in [2.05, 4.69) is 19.9 Å². The van der Waals surface area contributed by atoms with Crippen LogP contribution in [0.25, 0.3) is 0 Å². The van der Waals surface area contributed by atoms with E-state index in [4.69, 9.17) is 28.4 Å². The molecule has 6 fully saturated rings. The van der Waals surface area contributed by atoms with Crippen LogP contribution in [0.2, 0.25) is 0 Å². The predicted molar refractivity (Wildman–Crippen MR) is 126 cm³/mol. The van der Waals surface area contributed by atoms with Crippen molar-refractivity contribution in [3.05, 3.63) is 11.6 Å². The molecular formula is C28H42O7. The summed E-state index contributed by atoms with van der Waals surface area (Å²) in [5, 5.41) is 10.3. The van der Waals surface area contributed by atoms with Gasteiger partial charge in [-0.3, -0.25) is 0 Å². The van der Waals surface area contributed by atoms with E-state index in [0.29, 0.717) is 30.8 Å². The molecule has 35 heavy (non-hydrogen) atoms. The Morgan fingerprint density at radius 1 is 1.09 bits per heavy atom. The Morgan fingerprint density at radius 3 is 2.77 bits per heavy atom. The van der Waals surface area contributed by atoms with Gasteiger partial charge in [0.2, 0.25) is 0 Å². The van der Waals surface area contributed by atoms with Crippen LogP contribution in [-0.2, 0) is 28.4 Å². The zero-order valence-corrected chi connectivity index (χ0v) is 21.6. The van der Waals surface area contributed by atoms with Gasteiger partial charge >= 0.3 is 0 Å². The zero-order chi connectivity index (χ0) is 24.2. The Labute approximate surface area is 208 Å². The smallest absolute Gasteiger partial charge is 0.178 e. The summed E-state index contributed by atoms with van der Waals surface area (Å²) >= 11 is 0. The predicted octanol–water partition coefficient (Wildman–Crippen LogP) is 3.58. The molecular weight excluding hydrogens is 448 g/mol. The summed E-state index contributed by atoms with van der Waals surface area (Å²) in [6, 6.07) is 0. The largest absolute Gasteiger partial charge is 0.388 e. The van der Waals surface area contributed by atoms with E-state index in [-0.39, 0.29) is 47.6 Å². The van der Waals surface area contributed by atoms with Gasteiger partial charge in [0, 0.05) is 30.8 Å². The molecule has 7 nitrogen and oxygen atoms in total. The van der Waals surface area contributed by atoms with Gasteiger partial charge in [-0.25, -0.2) is 0 Å². The lowest BCUT2D eigenvalue weighted by Gasteiger charge is -2.63. The van der Waals surface area contributed by atoms with Gasteiger partial charge in [-0.1, -0.05) is 25.5 Å². The lowest BCUT2D eigenvalue weighted by atomic mass is 9.47. The summed E-state index contributed by atoms with van der Waals surface area (Å²) in [4.78, 5) is 0. The molecule has 0 aromatic rings. The fourth-order valence-electron chi connectivity index (χ4n) is 9.58. The molecule has 196 valence electrons. The van der Waals surface area contributed by atoms with Gasteiger partial charge in [0.05, 0.1) is 43.7 Å². The van der Waals surface area contributed by atoms with Crippen molar-refractivity contribution in [1.82, 2.24) is 0 Å². The van der Waals surface area contributed by atoms with Crippen LogP contribution in [0, 0.1) is 28.6 Å². The summed E-state index contributed by atoms with van der Waals surface area (Å²) in [6.07, 6.45) is 8.70. The average molecular weight is 491 g/mol. The maximum absolute atomic E-state index is 10.3. The van der Waals surface area contributed by atoms with Crippen molar-refractivity contribution in [1.29, 1.82) is 0 Å². The summed E-state index contributed by atoms with van der Waals surface area (Å²) in [7, 11) is 1.65. The first kappa shape index (κ1) is 23.6. The average Bonchev–Trinajstić information content (AvgIpc) is 3.29. The number of hydrogen-bond acceptors (Lipinski definition) is 7. The normalized spacial score (nSPS) is 58.8. The number of aliphatic hydroxyl groups is 1. The van der Waals surface area contributed by atoms with Crippen molar-refractivity contribution in [2.45, 2.75) is 114 Å². The molecule has 0 aromatic heterocycles. The maximum Gasteiger partial charge on any atom is 0.178 e. The van der Waals surface area contributed by atoms with Crippen molar-refractivity contribution in [3.63, 3.8) is 0 Å². The minimum Gasteiger partial charge on any atom is -0.388 e. The molecule has 2 bridgehead atoms. The highest BCUT2D eigenvalue weighted by Crippen LogP contribution is 2.71. The van der Waals surface area contributed by atoms with Gasteiger partial charge < -0.3 is 33.5 Å². The van der Waals surface area contributed by atoms with Crippen molar-refractivity contribution in [2.24, 2.45) is 28.6 Å². The first-order valence-corrected chi connectivity index (χ1v) is 13.9. The van der Waals surface area contributed by atoms with Gasteiger partial charge in [0.15, 0.2) is 12.1 Å².